The number of hydrogen-bond acceptors (Lipinski definition) is 4. The summed E-state index contributed by atoms with van der Waals surface area (Å²) in [7, 11) is 0. The molecule has 110 valence electrons. The van der Waals surface area contributed by atoms with Crippen LogP contribution in [0.4, 0.5) is 5.69 Å². The summed E-state index contributed by atoms with van der Waals surface area (Å²) >= 11 is 1.27. The Bertz CT molecular complexity index is 629. The normalized spacial score (nSPS) is 20.6. The maximum absolute atomic E-state index is 12.1. The molecule has 5 nitrogen and oxygen atoms in total. The van der Waals surface area contributed by atoms with Crippen LogP contribution in [0.2, 0.25) is 0 Å². The first kappa shape index (κ1) is 14.1. The van der Waals surface area contributed by atoms with E-state index in [0.717, 1.165) is 11.3 Å². The van der Waals surface area contributed by atoms with Crippen LogP contribution in [0, 0.1) is 5.92 Å². The lowest BCUT2D eigenvalue weighted by Gasteiger charge is -2.17. The summed E-state index contributed by atoms with van der Waals surface area (Å²) in [5.41, 5.74) is 2.40. The van der Waals surface area contributed by atoms with E-state index >= 15 is 0 Å². The second-order valence-electron chi connectivity index (χ2n) is 5.40. The van der Waals surface area contributed by atoms with Gasteiger partial charge >= 0.3 is 0 Å². The molecule has 1 fully saturated rings. The van der Waals surface area contributed by atoms with Crippen LogP contribution in [0.1, 0.15) is 29.3 Å². The highest BCUT2D eigenvalue weighted by atomic mass is 32.2. The molecule has 1 N–H and O–H groups in total. The molecule has 6 heteroatoms. The van der Waals surface area contributed by atoms with Gasteiger partial charge in [-0.05, 0) is 23.6 Å². The molecule has 1 unspecified atom stereocenters. The van der Waals surface area contributed by atoms with E-state index < -0.39 is 0 Å². The average Bonchev–Trinajstić information content (AvgIpc) is 3.00. The first-order chi connectivity index (χ1) is 10.0. The zero-order chi connectivity index (χ0) is 15.0. The van der Waals surface area contributed by atoms with Gasteiger partial charge in [0.05, 0.1) is 0 Å². The van der Waals surface area contributed by atoms with Gasteiger partial charge in [0.15, 0.2) is 5.12 Å². The van der Waals surface area contributed by atoms with Crippen molar-refractivity contribution in [2.45, 2.75) is 19.9 Å². The second kappa shape index (κ2) is 5.52. The number of carbonyl (C=O) groups excluding carboxylic acids is 3. The van der Waals surface area contributed by atoms with E-state index in [9.17, 15) is 14.4 Å². The van der Waals surface area contributed by atoms with Crippen molar-refractivity contribution in [1.29, 1.82) is 0 Å². The van der Waals surface area contributed by atoms with Crippen LogP contribution < -0.4 is 10.2 Å². The molecular weight excluding hydrogens is 288 g/mol. The van der Waals surface area contributed by atoms with E-state index in [-0.39, 0.29) is 22.8 Å². The molecule has 0 saturated carbocycles. The summed E-state index contributed by atoms with van der Waals surface area (Å²) < 4.78 is 0. The SMILES string of the molecule is CC(=O)SCC1CC(=O)N(c2ccc3c(c2)C(=O)NC3)C1. The Kier molecular flexibility index (Phi) is 3.71. The molecule has 0 aliphatic carbocycles. The molecule has 0 bridgehead atoms. The van der Waals surface area contributed by atoms with Crippen LogP contribution >= 0.6 is 11.8 Å². The Morgan fingerprint density at radius 3 is 3.00 bits per heavy atom. The lowest BCUT2D eigenvalue weighted by Crippen LogP contribution is -2.25. The third-order valence-corrected chi connectivity index (χ3v) is 4.86. The van der Waals surface area contributed by atoms with Gasteiger partial charge in [0.2, 0.25) is 5.91 Å². The highest BCUT2D eigenvalue weighted by Crippen LogP contribution is 2.29. The summed E-state index contributed by atoms with van der Waals surface area (Å²) in [6.07, 6.45) is 0.462. The lowest BCUT2D eigenvalue weighted by atomic mass is 10.1. The average molecular weight is 304 g/mol. The minimum absolute atomic E-state index is 0.0579. The predicted octanol–water partition coefficient (Wildman–Crippen LogP) is 1.56. The van der Waals surface area contributed by atoms with Crippen LogP contribution in [0.25, 0.3) is 0 Å². The number of carbonyl (C=O) groups is 3. The number of nitrogens with one attached hydrogen (secondary N) is 1. The van der Waals surface area contributed by atoms with Gasteiger partial charge in [-0.15, -0.1) is 0 Å². The highest BCUT2D eigenvalue weighted by Gasteiger charge is 2.31. The fourth-order valence-electron chi connectivity index (χ4n) is 2.75. The van der Waals surface area contributed by atoms with E-state index in [0.29, 0.717) is 30.8 Å². The smallest absolute Gasteiger partial charge is 0.251 e. The first-order valence-corrected chi connectivity index (χ1v) is 7.88. The van der Waals surface area contributed by atoms with Crippen LogP contribution in [0.15, 0.2) is 18.2 Å². The molecule has 0 radical (unpaired) electrons. The maximum Gasteiger partial charge on any atom is 0.251 e. The monoisotopic (exact) mass is 304 g/mol. The Labute approximate surface area is 127 Å². The first-order valence-electron chi connectivity index (χ1n) is 6.89. The molecule has 2 amide bonds. The van der Waals surface area contributed by atoms with E-state index in [2.05, 4.69) is 5.32 Å². The molecule has 21 heavy (non-hydrogen) atoms. The summed E-state index contributed by atoms with van der Waals surface area (Å²) in [5, 5.41) is 2.85. The fourth-order valence-corrected chi connectivity index (χ4v) is 3.44. The number of rotatable bonds is 3. The Morgan fingerprint density at radius 2 is 2.24 bits per heavy atom. The Balaban J connectivity index is 1.75. The van der Waals surface area contributed by atoms with Gasteiger partial charge < -0.3 is 10.2 Å². The zero-order valence-electron chi connectivity index (χ0n) is 11.7. The van der Waals surface area contributed by atoms with Crippen molar-refractivity contribution < 1.29 is 14.4 Å². The van der Waals surface area contributed by atoms with Crippen LogP contribution in [-0.2, 0) is 16.1 Å². The van der Waals surface area contributed by atoms with Crippen molar-refractivity contribution in [3.8, 4) is 0 Å². The molecular formula is C15H16N2O3S. The van der Waals surface area contributed by atoms with E-state index in [1.807, 2.05) is 12.1 Å². The van der Waals surface area contributed by atoms with Crippen molar-refractivity contribution in [2.24, 2.45) is 5.92 Å². The molecule has 1 aromatic rings. The minimum Gasteiger partial charge on any atom is -0.348 e. The number of anilines is 1. The standard InChI is InChI=1S/C15H16N2O3S/c1-9(18)21-8-10-4-14(19)17(7-10)12-3-2-11-6-16-15(20)13(11)5-12/h2-3,5,10H,4,6-8H2,1H3,(H,16,20). The predicted molar refractivity (Wildman–Crippen MR) is 81.2 cm³/mol. The number of benzene rings is 1. The molecule has 2 heterocycles. The van der Waals surface area contributed by atoms with Gasteiger partial charge in [-0.2, -0.15) is 0 Å². The van der Waals surface area contributed by atoms with Crippen LogP contribution in [-0.4, -0.2) is 29.2 Å². The van der Waals surface area contributed by atoms with Gasteiger partial charge in [0, 0.05) is 43.4 Å². The summed E-state index contributed by atoms with van der Waals surface area (Å²) in [6, 6.07) is 5.57. The van der Waals surface area contributed by atoms with E-state index in [1.54, 1.807) is 11.0 Å². The third kappa shape index (κ3) is 2.81. The number of amides is 2. The largest absolute Gasteiger partial charge is 0.348 e. The summed E-state index contributed by atoms with van der Waals surface area (Å²) in [5.74, 6) is 0.835. The van der Waals surface area contributed by atoms with Gasteiger partial charge in [-0.25, -0.2) is 0 Å². The number of thioether (sulfide) groups is 1. The summed E-state index contributed by atoms with van der Waals surface area (Å²) in [6.45, 7) is 2.71. The van der Waals surface area contributed by atoms with Gasteiger partial charge in [0.25, 0.3) is 5.91 Å². The zero-order valence-corrected chi connectivity index (χ0v) is 12.5. The second-order valence-corrected chi connectivity index (χ2v) is 6.60. The van der Waals surface area contributed by atoms with Crippen molar-refractivity contribution in [2.75, 3.05) is 17.2 Å². The number of nitrogens with zero attached hydrogens (tertiary/aromatic N) is 1. The van der Waals surface area contributed by atoms with Crippen molar-refractivity contribution in [3.05, 3.63) is 29.3 Å². The Hall–Kier alpha value is -1.82. The maximum atomic E-state index is 12.1. The molecule has 1 saturated heterocycles. The van der Waals surface area contributed by atoms with Crippen LogP contribution in [0.5, 0.6) is 0 Å². The molecule has 2 aliphatic heterocycles. The van der Waals surface area contributed by atoms with Gasteiger partial charge in [-0.1, -0.05) is 17.8 Å². The fraction of sp³-hybridized carbons (Fsp3) is 0.400. The summed E-state index contributed by atoms with van der Waals surface area (Å²) in [4.78, 5) is 36.6. The van der Waals surface area contributed by atoms with E-state index in [4.69, 9.17) is 0 Å². The third-order valence-electron chi connectivity index (χ3n) is 3.82. The van der Waals surface area contributed by atoms with Gasteiger partial charge in [-0.3, -0.25) is 14.4 Å². The van der Waals surface area contributed by atoms with E-state index in [1.165, 1.54) is 18.7 Å². The molecule has 0 spiro atoms. The molecule has 1 aromatic carbocycles. The lowest BCUT2D eigenvalue weighted by molar-refractivity contribution is -0.117. The highest BCUT2D eigenvalue weighted by molar-refractivity contribution is 8.13. The molecule has 2 aliphatic rings. The quantitative estimate of drug-likeness (QED) is 0.920. The van der Waals surface area contributed by atoms with Crippen molar-refractivity contribution in [3.63, 3.8) is 0 Å². The molecule has 1 atom stereocenters. The topological polar surface area (TPSA) is 66.5 Å². The van der Waals surface area contributed by atoms with Gasteiger partial charge in [0.1, 0.15) is 0 Å². The number of fused-ring (bicyclic) bond motifs is 1. The van der Waals surface area contributed by atoms with Crippen LogP contribution in [0.3, 0.4) is 0 Å². The van der Waals surface area contributed by atoms with Crippen molar-refractivity contribution >= 4 is 34.4 Å². The Morgan fingerprint density at radius 1 is 1.43 bits per heavy atom. The molecule has 3 rings (SSSR count). The molecule has 0 aromatic heterocycles. The number of hydrogen-bond donors (Lipinski definition) is 1. The van der Waals surface area contributed by atoms with Crippen molar-refractivity contribution in [1.82, 2.24) is 5.32 Å². The minimum atomic E-state index is -0.0813.